The average Bonchev–Trinajstić information content (AvgIpc) is 2.78. The zero-order valence-corrected chi connectivity index (χ0v) is 17.1. The van der Waals surface area contributed by atoms with Gasteiger partial charge < -0.3 is 4.90 Å². The van der Waals surface area contributed by atoms with Crippen molar-refractivity contribution in [3.63, 3.8) is 0 Å². The fourth-order valence-electron chi connectivity index (χ4n) is 3.60. The molecule has 0 spiro atoms. The third kappa shape index (κ3) is 3.93. The first-order valence-electron chi connectivity index (χ1n) is 9.64. The van der Waals surface area contributed by atoms with Crippen LogP contribution in [0.4, 0.5) is 10.1 Å². The van der Waals surface area contributed by atoms with Gasteiger partial charge in [-0.1, -0.05) is 54.6 Å². The zero-order valence-electron chi connectivity index (χ0n) is 16.2. The largest absolute Gasteiger partial charge is 0.336 e. The number of sulfonamides is 1. The molecule has 0 radical (unpaired) electrons. The molecule has 0 unspecified atom stereocenters. The summed E-state index contributed by atoms with van der Waals surface area (Å²) in [4.78, 5) is 14.7. The molecule has 0 N–H and O–H groups in total. The first-order chi connectivity index (χ1) is 14.5. The lowest BCUT2D eigenvalue weighted by Gasteiger charge is -2.32. The number of para-hydroxylation sites is 1. The van der Waals surface area contributed by atoms with Crippen molar-refractivity contribution in [3.05, 3.63) is 95.8 Å². The molecule has 0 saturated carbocycles. The summed E-state index contributed by atoms with van der Waals surface area (Å²) in [5.74, 6) is -1.07. The van der Waals surface area contributed by atoms with Crippen LogP contribution in [0.25, 0.3) is 0 Å². The van der Waals surface area contributed by atoms with Gasteiger partial charge in [0.15, 0.2) is 0 Å². The number of benzene rings is 3. The van der Waals surface area contributed by atoms with Crippen molar-refractivity contribution in [2.45, 2.75) is 17.9 Å². The van der Waals surface area contributed by atoms with Crippen molar-refractivity contribution in [3.8, 4) is 0 Å². The van der Waals surface area contributed by atoms with Gasteiger partial charge in [-0.05, 0) is 41.8 Å². The van der Waals surface area contributed by atoms with Gasteiger partial charge in [0.2, 0.25) is 5.91 Å². The minimum absolute atomic E-state index is 0.00467. The highest BCUT2D eigenvalue weighted by Gasteiger charge is 2.31. The van der Waals surface area contributed by atoms with Crippen molar-refractivity contribution < 1.29 is 17.6 Å². The van der Waals surface area contributed by atoms with Crippen LogP contribution in [0.15, 0.2) is 83.8 Å². The molecule has 0 aromatic heterocycles. The Bertz CT molecular complexity index is 1170. The number of fused-ring (bicyclic) bond motifs is 1. The fourth-order valence-corrected chi connectivity index (χ4v) is 5.05. The SMILES string of the molecule is O=C(CN(c1ccccc1F)S(=O)(=O)c1ccccc1)N1CCc2ccccc2C1. The Morgan fingerprint density at radius 1 is 0.900 bits per heavy atom. The molecule has 154 valence electrons. The van der Waals surface area contributed by atoms with Gasteiger partial charge in [-0.3, -0.25) is 9.10 Å². The van der Waals surface area contributed by atoms with E-state index in [4.69, 9.17) is 0 Å². The smallest absolute Gasteiger partial charge is 0.264 e. The highest BCUT2D eigenvalue weighted by molar-refractivity contribution is 7.92. The lowest BCUT2D eigenvalue weighted by atomic mass is 10.00. The number of nitrogens with zero attached hydrogens (tertiary/aromatic N) is 2. The molecule has 1 amide bonds. The number of hydrogen-bond acceptors (Lipinski definition) is 3. The van der Waals surface area contributed by atoms with Crippen molar-refractivity contribution in [1.82, 2.24) is 4.90 Å². The molecule has 0 aliphatic carbocycles. The Morgan fingerprint density at radius 2 is 1.53 bits per heavy atom. The van der Waals surface area contributed by atoms with E-state index in [1.807, 2.05) is 24.3 Å². The van der Waals surface area contributed by atoms with Crippen LogP contribution in [0, 0.1) is 5.82 Å². The Labute approximate surface area is 175 Å². The molecule has 4 rings (SSSR count). The van der Waals surface area contributed by atoms with E-state index < -0.39 is 22.4 Å². The Balaban J connectivity index is 1.66. The summed E-state index contributed by atoms with van der Waals surface area (Å²) < 4.78 is 42.0. The number of carbonyl (C=O) groups excluding carboxylic acids is 1. The van der Waals surface area contributed by atoms with E-state index in [0.29, 0.717) is 19.5 Å². The standard InChI is InChI=1S/C23H21FN2O3S/c24-21-12-6-7-13-22(21)26(30(28,29)20-10-2-1-3-11-20)17-23(27)25-15-14-18-8-4-5-9-19(18)16-25/h1-13H,14-17H2. The Morgan fingerprint density at radius 3 is 2.27 bits per heavy atom. The van der Waals surface area contributed by atoms with Crippen molar-refractivity contribution in [2.75, 3.05) is 17.4 Å². The highest BCUT2D eigenvalue weighted by Crippen LogP contribution is 2.27. The lowest BCUT2D eigenvalue weighted by Crippen LogP contribution is -2.45. The van der Waals surface area contributed by atoms with Gasteiger partial charge in [0, 0.05) is 13.1 Å². The van der Waals surface area contributed by atoms with E-state index >= 15 is 0 Å². The minimum Gasteiger partial charge on any atom is -0.336 e. The van der Waals surface area contributed by atoms with Gasteiger partial charge in [0.05, 0.1) is 10.6 Å². The molecule has 0 fully saturated rings. The predicted molar refractivity (Wildman–Crippen MR) is 113 cm³/mol. The summed E-state index contributed by atoms with van der Waals surface area (Å²) >= 11 is 0. The van der Waals surface area contributed by atoms with Crippen LogP contribution in [0.5, 0.6) is 0 Å². The summed E-state index contributed by atoms with van der Waals surface area (Å²) in [5.41, 5.74) is 2.08. The monoisotopic (exact) mass is 424 g/mol. The molecule has 0 bridgehead atoms. The molecule has 0 atom stereocenters. The van der Waals surface area contributed by atoms with Crippen LogP contribution in [-0.4, -0.2) is 32.3 Å². The quantitative estimate of drug-likeness (QED) is 0.629. The summed E-state index contributed by atoms with van der Waals surface area (Å²) in [7, 11) is -4.13. The second-order valence-electron chi connectivity index (χ2n) is 7.11. The number of amides is 1. The van der Waals surface area contributed by atoms with Gasteiger partial charge in [-0.2, -0.15) is 0 Å². The lowest BCUT2D eigenvalue weighted by molar-refractivity contribution is -0.130. The van der Waals surface area contributed by atoms with Gasteiger partial charge in [-0.25, -0.2) is 12.8 Å². The molecule has 3 aromatic carbocycles. The van der Waals surface area contributed by atoms with Gasteiger partial charge in [-0.15, -0.1) is 0 Å². The van der Waals surface area contributed by atoms with Crippen LogP contribution in [-0.2, 0) is 27.8 Å². The van der Waals surface area contributed by atoms with Crippen LogP contribution in [0.2, 0.25) is 0 Å². The second kappa shape index (κ2) is 8.28. The van der Waals surface area contributed by atoms with Crippen molar-refractivity contribution in [1.29, 1.82) is 0 Å². The molecular weight excluding hydrogens is 403 g/mol. The topological polar surface area (TPSA) is 57.7 Å². The van der Waals surface area contributed by atoms with Gasteiger partial charge in [0.1, 0.15) is 12.4 Å². The molecule has 7 heteroatoms. The second-order valence-corrected chi connectivity index (χ2v) is 8.97. The first-order valence-corrected chi connectivity index (χ1v) is 11.1. The molecular formula is C23H21FN2O3S. The third-order valence-electron chi connectivity index (χ3n) is 5.21. The number of rotatable bonds is 5. The van der Waals surface area contributed by atoms with Crippen LogP contribution in [0.1, 0.15) is 11.1 Å². The highest BCUT2D eigenvalue weighted by atomic mass is 32.2. The molecule has 1 aliphatic rings. The van der Waals surface area contributed by atoms with Crippen LogP contribution in [0.3, 0.4) is 0 Å². The normalized spacial score (nSPS) is 13.6. The van der Waals surface area contributed by atoms with E-state index in [1.165, 1.54) is 35.9 Å². The maximum absolute atomic E-state index is 14.5. The average molecular weight is 424 g/mol. The van der Waals surface area contributed by atoms with E-state index in [9.17, 15) is 17.6 Å². The predicted octanol–water partition coefficient (Wildman–Crippen LogP) is 3.61. The summed E-state index contributed by atoms with van der Waals surface area (Å²) in [6, 6.07) is 21.2. The number of carbonyl (C=O) groups is 1. The number of anilines is 1. The number of hydrogen-bond donors (Lipinski definition) is 0. The molecule has 3 aromatic rings. The summed E-state index contributed by atoms with van der Waals surface area (Å²) in [6.45, 7) is 0.429. The van der Waals surface area contributed by atoms with E-state index in [2.05, 4.69) is 0 Å². The minimum atomic E-state index is -4.13. The summed E-state index contributed by atoms with van der Waals surface area (Å²) in [5, 5.41) is 0. The molecule has 30 heavy (non-hydrogen) atoms. The third-order valence-corrected chi connectivity index (χ3v) is 6.99. The maximum Gasteiger partial charge on any atom is 0.264 e. The summed E-state index contributed by atoms with van der Waals surface area (Å²) in [6.07, 6.45) is 0.701. The van der Waals surface area contributed by atoms with Gasteiger partial charge in [0.25, 0.3) is 10.0 Å². The molecule has 5 nitrogen and oxygen atoms in total. The molecule has 1 aliphatic heterocycles. The van der Waals surface area contributed by atoms with Crippen molar-refractivity contribution >= 4 is 21.6 Å². The fraction of sp³-hybridized carbons (Fsp3) is 0.174. The first kappa shape index (κ1) is 20.1. The zero-order chi connectivity index (χ0) is 21.1. The Hall–Kier alpha value is -3.19. The molecule has 1 heterocycles. The van der Waals surface area contributed by atoms with E-state index in [1.54, 1.807) is 29.2 Å². The van der Waals surface area contributed by atoms with Gasteiger partial charge >= 0.3 is 0 Å². The maximum atomic E-state index is 14.5. The molecule has 0 saturated heterocycles. The van der Waals surface area contributed by atoms with Crippen LogP contribution >= 0.6 is 0 Å². The van der Waals surface area contributed by atoms with E-state index in [-0.39, 0.29) is 16.5 Å². The number of halogens is 1. The van der Waals surface area contributed by atoms with Crippen molar-refractivity contribution in [2.24, 2.45) is 0 Å². The van der Waals surface area contributed by atoms with Crippen LogP contribution < -0.4 is 4.31 Å². The van der Waals surface area contributed by atoms with E-state index in [0.717, 1.165) is 9.87 Å². The Kier molecular flexibility index (Phi) is 5.55.